The van der Waals surface area contributed by atoms with Crippen molar-refractivity contribution in [1.29, 1.82) is 0 Å². The minimum absolute atomic E-state index is 0.108. The van der Waals surface area contributed by atoms with Crippen molar-refractivity contribution in [2.45, 2.75) is 6.92 Å². The van der Waals surface area contributed by atoms with Crippen LogP contribution in [-0.2, 0) is 9.53 Å². The normalized spacial score (nSPS) is 13.5. The number of aryl methyl sites for hydroxylation is 1. The quantitative estimate of drug-likeness (QED) is 0.571. The van der Waals surface area contributed by atoms with Gasteiger partial charge in [-0.2, -0.15) is 0 Å². The number of methoxy groups -OCH3 is 1. The van der Waals surface area contributed by atoms with Crippen LogP contribution in [0.4, 0.5) is 5.13 Å². The lowest BCUT2D eigenvalue weighted by Crippen LogP contribution is -2.43. The maximum absolute atomic E-state index is 12.7. The van der Waals surface area contributed by atoms with Crippen LogP contribution in [0.1, 0.15) is 15.9 Å². The molecule has 4 rings (SSSR count). The number of hydrogen-bond donors (Lipinski definition) is 1. The molecule has 0 saturated carbocycles. The Balaban J connectivity index is 1.39. The lowest BCUT2D eigenvalue weighted by Gasteiger charge is -2.26. The SMILES string of the molecule is COc1cc(C(=O)Nc2ncc(-c3ccc(C)cc3)s2)ccc1OCC(=O)N1CCOCC1. The average Bonchev–Trinajstić information content (AvgIpc) is 3.31. The molecule has 1 fully saturated rings. The number of carbonyl (C=O) groups is 2. The first kappa shape index (κ1) is 22.8. The molecule has 33 heavy (non-hydrogen) atoms. The first-order chi connectivity index (χ1) is 16.0. The van der Waals surface area contributed by atoms with Crippen LogP contribution in [0.5, 0.6) is 11.5 Å². The van der Waals surface area contributed by atoms with E-state index in [4.69, 9.17) is 14.2 Å². The third-order valence-corrected chi connectivity index (χ3v) is 6.16. The van der Waals surface area contributed by atoms with Crippen LogP contribution in [0, 0.1) is 6.92 Å². The largest absolute Gasteiger partial charge is 0.493 e. The van der Waals surface area contributed by atoms with E-state index in [1.165, 1.54) is 24.0 Å². The van der Waals surface area contributed by atoms with Gasteiger partial charge in [0.15, 0.2) is 23.2 Å². The Hall–Kier alpha value is -3.43. The zero-order valence-electron chi connectivity index (χ0n) is 18.5. The van der Waals surface area contributed by atoms with Crippen molar-refractivity contribution >= 4 is 28.3 Å². The average molecular weight is 468 g/mol. The van der Waals surface area contributed by atoms with Gasteiger partial charge >= 0.3 is 0 Å². The summed E-state index contributed by atoms with van der Waals surface area (Å²) in [4.78, 5) is 32.0. The standard InChI is InChI=1S/C24H25N3O5S/c1-16-3-5-17(6-4-16)21-14-25-24(33-21)26-23(29)18-7-8-19(20(13-18)30-2)32-15-22(28)27-9-11-31-12-10-27/h3-8,13-14H,9-12,15H2,1-2H3,(H,25,26,29). The molecule has 1 aromatic heterocycles. The first-order valence-corrected chi connectivity index (χ1v) is 11.4. The molecule has 172 valence electrons. The molecule has 8 nitrogen and oxygen atoms in total. The van der Waals surface area contributed by atoms with Crippen LogP contribution in [0.15, 0.2) is 48.7 Å². The van der Waals surface area contributed by atoms with Gasteiger partial charge in [0, 0.05) is 24.8 Å². The highest BCUT2D eigenvalue weighted by atomic mass is 32.1. The Labute approximate surface area is 196 Å². The maximum Gasteiger partial charge on any atom is 0.260 e. The topological polar surface area (TPSA) is 90.0 Å². The fraction of sp³-hybridized carbons (Fsp3) is 0.292. The van der Waals surface area contributed by atoms with Crippen molar-refractivity contribution in [3.8, 4) is 21.9 Å². The molecule has 2 aromatic carbocycles. The summed E-state index contributed by atoms with van der Waals surface area (Å²) in [7, 11) is 1.49. The van der Waals surface area contributed by atoms with E-state index in [1.54, 1.807) is 29.3 Å². The highest BCUT2D eigenvalue weighted by molar-refractivity contribution is 7.19. The molecule has 0 aliphatic carbocycles. The van der Waals surface area contributed by atoms with E-state index in [1.807, 2.05) is 31.2 Å². The summed E-state index contributed by atoms with van der Waals surface area (Å²) >= 11 is 1.40. The van der Waals surface area contributed by atoms with Gasteiger partial charge in [0.05, 0.1) is 25.2 Å². The molecule has 2 amide bonds. The maximum atomic E-state index is 12.7. The molecular weight excluding hydrogens is 442 g/mol. The van der Waals surface area contributed by atoms with Crippen molar-refractivity contribution in [2.75, 3.05) is 45.3 Å². The fourth-order valence-electron chi connectivity index (χ4n) is 3.32. The summed E-state index contributed by atoms with van der Waals surface area (Å²) in [5.74, 6) is 0.341. The summed E-state index contributed by atoms with van der Waals surface area (Å²) in [5.41, 5.74) is 2.63. The number of rotatable bonds is 7. The van der Waals surface area contributed by atoms with Gasteiger partial charge in [0.2, 0.25) is 0 Å². The van der Waals surface area contributed by atoms with Gasteiger partial charge in [-0.1, -0.05) is 41.2 Å². The van der Waals surface area contributed by atoms with Gasteiger partial charge in [-0.15, -0.1) is 0 Å². The van der Waals surface area contributed by atoms with Crippen LogP contribution in [0.2, 0.25) is 0 Å². The summed E-state index contributed by atoms with van der Waals surface area (Å²) < 4.78 is 16.3. The van der Waals surface area contributed by atoms with E-state index in [2.05, 4.69) is 10.3 Å². The Bertz CT molecular complexity index is 1120. The number of hydrogen-bond acceptors (Lipinski definition) is 7. The number of nitrogens with one attached hydrogen (secondary N) is 1. The second-order valence-electron chi connectivity index (χ2n) is 7.50. The Morgan fingerprint density at radius 3 is 2.61 bits per heavy atom. The number of nitrogens with zero attached hydrogens (tertiary/aromatic N) is 2. The molecule has 0 radical (unpaired) electrons. The van der Waals surface area contributed by atoms with E-state index < -0.39 is 0 Å². The van der Waals surface area contributed by atoms with Crippen molar-refractivity contribution in [1.82, 2.24) is 9.88 Å². The van der Waals surface area contributed by atoms with Crippen LogP contribution < -0.4 is 14.8 Å². The molecular formula is C24H25N3O5S. The van der Waals surface area contributed by atoms with Gasteiger partial charge in [-0.25, -0.2) is 4.98 Å². The summed E-state index contributed by atoms with van der Waals surface area (Å²) in [5, 5.41) is 3.33. The molecule has 1 aliphatic heterocycles. The molecule has 1 N–H and O–H groups in total. The lowest BCUT2D eigenvalue weighted by molar-refractivity contribution is -0.137. The van der Waals surface area contributed by atoms with Crippen molar-refractivity contribution in [3.05, 3.63) is 59.8 Å². The van der Waals surface area contributed by atoms with Crippen molar-refractivity contribution in [2.24, 2.45) is 0 Å². The summed E-state index contributed by atoms with van der Waals surface area (Å²) in [6, 6.07) is 13.0. The van der Waals surface area contributed by atoms with Gasteiger partial charge in [-0.3, -0.25) is 14.9 Å². The zero-order chi connectivity index (χ0) is 23.2. The Morgan fingerprint density at radius 2 is 1.88 bits per heavy atom. The lowest BCUT2D eigenvalue weighted by atomic mass is 10.1. The van der Waals surface area contributed by atoms with Gasteiger partial charge < -0.3 is 19.1 Å². The number of aromatic nitrogens is 1. The zero-order valence-corrected chi connectivity index (χ0v) is 19.3. The minimum Gasteiger partial charge on any atom is -0.493 e. The molecule has 9 heteroatoms. The van der Waals surface area contributed by atoms with Gasteiger partial charge in [-0.05, 0) is 30.7 Å². The number of ether oxygens (including phenoxy) is 3. The molecule has 1 saturated heterocycles. The minimum atomic E-state index is -0.311. The van der Waals surface area contributed by atoms with Crippen molar-refractivity contribution in [3.63, 3.8) is 0 Å². The highest BCUT2D eigenvalue weighted by Gasteiger charge is 2.19. The van der Waals surface area contributed by atoms with E-state index >= 15 is 0 Å². The molecule has 0 unspecified atom stereocenters. The van der Waals surface area contributed by atoms with Crippen molar-refractivity contribution < 1.29 is 23.8 Å². The van der Waals surface area contributed by atoms with Gasteiger partial charge in [0.25, 0.3) is 11.8 Å². The second kappa shape index (κ2) is 10.5. The smallest absolute Gasteiger partial charge is 0.260 e. The number of amides is 2. The fourth-order valence-corrected chi connectivity index (χ4v) is 4.14. The predicted octanol–water partition coefficient (Wildman–Crippen LogP) is 3.62. The predicted molar refractivity (Wildman–Crippen MR) is 126 cm³/mol. The third kappa shape index (κ3) is 5.68. The summed E-state index contributed by atoms with van der Waals surface area (Å²) in [6.07, 6.45) is 1.74. The third-order valence-electron chi connectivity index (χ3n) is 5.20. The van der Waals surface area contributed by atoms with E-state index in [0.29, 0.717) is 48.5 Å². The number of benzene rings is 2. The first-order valence-electron chi connectivity index (χ1n) is 10.5. The molecule has 2 heterocycles. The highest BCUT2D eigenvalue weighted by Crippen LogP contribution is 2.31. The Kier molecular flexibility index (Phi) is 7.21. The molecule has 0 bridgehead atoms. The van der Waals surface area contributed by atoms with E-state index in [9.17, 15) is 9.59 Å². The number of thiazole rings is 1. The number of carbonyl (C=O) groups excluding carboxylic acids is 2. The second-order valence-corrected chi connectivity index (χ2v) is 8.53. The number of anilines is 1. The summed E-state index contributed by atoms with van der Waals surface area (Å²) in [6.45, 7) is 4.11. The molecule has 1 aliphatic rings. The van der Waals surface area contributed by atoms with E-state index in [-0.39, 0.29) is 18.4 Å². The van der Waals surface area contributed by atoms with Crippen LogP contribution in [0.3, 0.4) is 0 Å². The van der Waals surface area contributed by atoms with E-state index in [0.717, 1.165) is 10.4 Å². The Morgan fingerprint density at radius 1 is 1.12 bits per heavy atom. The monoisotopic (exact) mass is 467 g/mol. The van der Waals surface area contributed by atoms with Gasteiger partial charge in [0.1, 0.15) is 0 Å². The molecule has 0 spiro atoms. The van der Waals surface area contributed by atoms with Crippen LogP contribution in [0.25, 0.3) is 10.4 Å². The van der Waals surface area contributed by atoms with Crippen LogP contribution >= 0.6 is 11.3 Å². The van der Waals surface area contributed by atoms with Crippen LogP contribution in [-0.4, -0.2) is 61.7 Å². The molecule has 0 atom stereocenters. The number of morpholine rings is 1. The molecule has 3 aromatic rings.